The molecule has 1 unspecified atom stereocenters. The normalized spacial score (nSPS) is 12.0. The van der Waals surface area contributed by atoms with Gasteiger partial charge in [-0.2, -0.15) is 10.4 Å². The fraction of sp³-hybridized carbons (Fsp3) is 0.158. The van der Waals surface area contributed by atoms with Crippen molar-refractivity contribution in [3.63, 3.8) is 0 Å². The molecule has 0 amide bonds. The van der Waals surface area contributed by atoms with E-state index in [1.165, 1.54) is 0 Å². The number of nitrogens with zero attached hydrogens (tertiary/aromatic N) is 3. The molecule has 0 saturated carbocycles. The van der Waals surface area contributed by atoms with Crippen LogP contribution in [0.2, 0.25) is 5.02 Å². The summed E-state index contributed by atoms with van der Waals surface area (Å²) in [4.78, 5) is 0. The van der Waals surface area contributed by atoms with Gasteiger partial charge in [-0.15, -0.1) is 0 Å². The Morgan fingerprint density at radius 3 is 2.50 bits per heavy atom. The number of aliphatic hydroxyl groups is 1. The van der Waals surface area contributed by atoms with Crippen molar-refractivity contribution in [3.8, 4) is 11.8 Å². The van der Waals surface area contributed by atoms with Crippen molar-refractivity contribution in [2.24, 2.45) is 0 Å². The molecule has 24 heavy (non-hydrogen) atoms. The fourth-order valence-corrected chi connectivity index (χ4v) is 3.05. The van der Waals surface area contributed by atoms with Crippen LogP contribution in [0.4, 0.5) is 0 Å². The Bertz CT molecular complexity index is 926. The van der Waals surface area contributed by atoms with E-state index in [4.69, 9.17) is 16.9 Å². The fourth-order valence-electron chi connectivity index (χ4n) is 2.83. The van der Waals surface area contributed by atoms with E-state index in [0.29, 0.717) is 10.6 Å². The van der Waals surface area contributed by atoms with Crippen LogP contribution in [0.5, 0.6) is 0 Å². The van der Waals surface area contributed by atoms with Crippen LogP contribution in [-0.2, 0) is 0 Å². The molecule has 2 aromatic carbocycles. The number of nitriles is 1. The Balaban J connectivity index is 2.07. The highest BCUT2D eigenvalue weighted by molar-refractivity contribution is 6.31. The summed E-state index contributed by atoms with van der Waals surface area (Å²) < 4.78 is 1.74. The third-order valence-electron chi connectivity index (χ3n) is 4.05. The lowest BCUT2D eigenvalue weighted by Gasteiger charge is -2.12. The molecule has 0 saturated heterocycles. The number of benzene rings is 2. The van der Waals surface area contributed by atoms with E-state index in [2.05, 4.69) is 5.10 Å². The van der Waals surface area contributed by atoms with E-state index in [1.54, 1.807) is 22.9 Å². The second-order valence-corrected chi connectivity index (χ2v) is 5.99. The molecule has 3 aromatic rings. The monoisotopic (exact) mass is 337 g/mol. The highest BCUT2D eigenvalue weighted by atomic mass is 35.5. The summed E-state index contributed by atoms with van der Waals surface area (Å²) in [6.07, 6.45) is -0.742. The summed E-state index contributed by atoms with van der Waals surface area (Å²) >= 11 is 6.12. The van der Waals surface area contributed by atoms with E-state index in [9.17, 15) is 5.11 Å². The standard InChI is InChI=1S/C19H16ClN3O/c1-12-18(19(24)14-6-4-3-5-7-14)13(2)23(22-12)16-9-8-15(11-21)17(20)10-16/h3-10,19,24H,1-2H3. The number of aryl methyl sites for hydroxylation is 1. The van der Waals surface area contributed by atoms with Gasteiger partial charge in [0.2, 0.25) is 0 Å². The molecule has 0 bridgehead atoms. The van der Waals surface area contributed by atoms with Gasteiger partial charge in [0.25, 0.3) is 0 Å². The van der Waals surface area contributed by atoms with Gasteiger partial charge >= 0.3 is 0 Å². The largest absolute Gasteiger partial charge is 0.384 e. The zero-order chi connectivity index (χ0) is 17.3. The Hall–Kier alpha value is -2.61. The Morgan fingerprint density at radius 1 is 1.17 bits per heavy atom. The molecule has 0 radical (unpaired) electrons. The van der Waals surface area contributed by atoms with E-state index in [0.717, 1.165) is 28.2 Å². The minimum absolute atomic E-state index is 0.382. The van der Waals surface area contributed by atoms with E-state index >= 15 is 0 Å². The van der Waals surface area contributed by atoms with Crippen molar-refractivity contribution >= 4 is 11.6 Å². The molecule has 0 spiro atoms. The second kappa shape index (κ2) is 6.48. The van der Waals surface area contributed by atoms with Crippen molar-refractivity contribution in [3.05, 3.63) is 81.6 Å². The van der Waals surface area contributed by atoms with Gasteiger partial charge in [0.15, 0.2) is 0 Å². The summed E-state index contributed by atoms with van der Waals surface area (Å²) in [5, 5.41) is 24.6. The molecule has 0 fully saturated rings. The molecule has 0 aliphatic rings. The van der Waals surface area contributed by atoms with Crippen LogP contribution < -0.4 is 0 Å². The number of hydrogen-bond acceptors (Lipinski definition) is 3. The Morgan fingerprint density at radius 2 is 1.88 bits per heavy atom. The molecule has 4 nitrogen and oxygen atoms in total. The zero-order valence-corrected chi connectivity index (χ0v) is 14.1. The summed E-state index contributed by atoms with van der Waals surface area (Å²) in [5.41, 5.74) is 4.37. The van der Waals surface area contributed by atoms with Crippen molar-refractivity contribution in [1.82, 2.24) is 9.78 Å². The van der Waals surface area contributed by atoms with Gasteiger partial charge in [-0.3, -0.25) is 0 Å². The number of hydrogen-bond donors (Lipinski definition) is 1. The van der Waals surface area contributed by atoms with Crippen LogP contribution in [-0.4, -0.2) is 14.9 Å². The molecule has 3 rings (SSSR count). The quantitative estimate of drug-likeness (QED) is 0.782. The smallest absolute Gasteiger partial charge is 0.108 e. The molecule has 0 aliphatic carbocycles. The first-order chi connectivity index (χ1) is 11.5. The van der Waals surface area contributed by atoms with Crippen LogP contribution in [0, 0.1) is 25.2 Å². The van der Waals surface area contributed by atoms with Gasteiger partial charge in [-0.25, -0.2) is 4.68 Å². The second-order valence-electron chi connectivity index (χ2n) is 5.59. The first kappa shape index (κ1) is 16.3. The Labute approximate surface area is 145 Å². The molecule has 1 atom stereocenters. The van der Waals surface area contributed by atoms with Gasteiger partial charge in [-0.05, 0) is 37.6 Å². The van der Waals surface area contributed by atoms with Gasteiger partial charge in [0, 0.05) is 11.3 Å². The Kier molecular flexibility index (Phi) is 4.39. The summed E-state index contributed by atoms with van der Waals surface area (Å²) in [5.74, 6) is 0. The summed E-state index contributed by atoms with van der Waals surface area (Å²) in [6.45, 7) is 3.78. The average Bonchev–Trinajstić information content (AvgIpc) is 2.89. The molecular formula is C19H16ClN3O. The maximum Gasteiger partial charge on any atom is 0.108 e. The first-order valence-electron chi connectivity index (χ1n) is 7.52. The van der Waals surface area contributed by atoms with Gasteiger partial charge in [0.1, 0.15) is 12.2 Å². The van der Waals surface area contributed by atoms with Crippen molar-refractivity contribution in [2.75, 3.05) is 0 Å². The molecule has 1 aromatic heterocycles. The lowest BCUT2D eigenvalue weighted by atomic mass is 10.00. The van der Waals surface area contributed by atoms with Gasteiger partial charge in [0.05, 0.1) is 22.0 Å². The predicted octanol–water partition coefficient (Wildman–Crippen LogP) is 4.10. The number of halogens is 1. The molecule has 120 valence electrons. The number of aliphatic hydroxyl groups excluding tert-OH is 1. The number of rotatable bonds is 3. The van der Waals surface area contributed by atoms with E-state index in [-0.39, 0.29) is 0 Å². The minimum Gasteiger partial charge on any atom is -0.384 e. The van der Waals surface area contributed by atoms with Crippen LogP contribution in [0.1, 0.15) is 34.2 Å². The lowest BCUT2D eigenvalue weighted by Crippen LogP contribution is -2.04. The van der Waals surface area contributed by atoms with Crippen molar-refractivity contribution in [2.45, 2.75) is 20.0 Å². The third kappa shape index (κ3) is 2.80. The highest BCUT2D eigenvalue weighted by Crippen LogP contribution is 2.29. The number of aromatic nitrogens is 2. The minimum atomic E-state index is -0.742. The van der Waals surface area contributed by atoms with Crippen molar-refractivity contribution in [1.29, 1.82) is 5.26 Å². The molecule has 0 aliphatic heterocycles. The van der Waals surface area contributed by atoms with E-state index in [1.807, 2.05) is 50.2 Å². The zero-order valence-electron chi connectivity index (χ0n) is 13.4. The third-order valence-corrected chi connectivity index (χ3v) is 4.37. The predicted molar refractivity (Wildman–Crippen MR) is 93.3 cm³/mol. The summed E-state index contributed by atoms with van der Waals surface area (Å²) in [7, 11) is 0. The molecule has 1 N–H and O–H groups in total. The molecule has 1 heterocycles. The molecular weight excluding hydrogens is 322 g/mol. The van der Waals surface area contributed by atoms with Crippen LogP contribution >= 0.6 is 11.6 Å². The average molecular weight is 338 g/mol. The van der Waals surface area contributed by atoms with E-state index < -0.39 is 6.10 Å². The lowest BCUT2D eigenvalue weighted by molar-refractivity contribution is 0.218. The topological polar surface area (TPSA) is 61.8 Å². The van der Waals surface area contributed by atoms with Crippen molar-refractivity contribution < 1.29 is 5.11 Å². The maximum atomic E-state index is 10.7. The van der Waals surface area contributed by atoms with Gasteiger partial charge in [-0.1, -0.05) is 41.9 Å². The van der Waals surface area contributed by atoms with Gasteiger partial charge < -0.3 is 5.11 Å². The maximum absolute atomic E-state index is 10.7. The highest BCUT2D eigenvalue weighted by Gasteiger charge is 2.21. The van der Waals surface area contributed by atoms with Crippen LogP contribution in [0.25, 0.3) is 5.69 Å². The molecule has 5 heteroatoms. The van der Waals surface area contributed by atoms with Crippen LogP contribution in [0.3, 0.4) is 0 Å². The summed E-state index contributed by atoms with van der Waals surface area (Å²) in [6, 6.07) is 16.7. The SMILES string of the molecule is Cc1nn(-c2ccc(C#N)c(Cl)c2)c(C)c1C(O)c1ccccc1. The van der Waals surface area contributed by atoms with Crippen LogP contribution in [0.15, 0.2) is 48.5 Å². The first-order valence-corrected chi connectivity index (χ1v) is 7.90.